The Kier molecular flexibility index (Phi) is 28.2. The zero-order valence-corrected chi connectivity index (χ0v) is 35.1. The average Bonchev–Trinajstić information content (AvgIpc) is 3.57. The zero-order valence-electron chi connectivity index (χ0n) is 35.1. The van der Waals surface area contributed by atoms with Crippen molar-refractivity contribution < 1.29 is 23.9 Å². The van der Waals surface area contributed by atoms with Gasteiger partial charge in [-0.1, -0.05) is 106 Å². The van der Waals surface area contributed by atoms with E-state index in [9.17, 15) is 9.59 Å². The van der Waals surface area contributed by atoms with Crippen LogP contribution in [0.2, 0.25) is 0 Å². The highest BCUT2D eigenvalue weighted by Crippen LogP contribution is 2.31. The van der Waals surface area contributed by atoms with Crippen LogP contribution in [0.4, 0.5) is 0 Å². The predicted molar refractivity (Wildman–Crippen MR) is 218 cm³/mol. The van der Waals surface area contributed by atoms with Crippen LogP contribution in [0.5, 0.6) is 0 Å². The smallest absolute Gasteiger partial charge is 0.222 e. The lowest BCUT2D eigenvalue weighted by molar-refractivity contribution is -0.137. The van der Waals surface area contributed by atoms with E-state index in [1.54, 1.807) is 26.1 Å². The Morgan fingerprint density at radius 3 is 1.92 bits per heavy atom. The lowest BCUT2D eigenvalue weighted by atomic mass is 9.84. The van der Waals surface area contributed by atoms with Crippen molar-refractivity contribution in [2.75, 3.05) is 34.9 Å². The molecule has 2 radical (unpaired) electrons. The number of carbonyl (C=O) groups is 3. The molecular weight excluding hydrogens is 653 g/mol. The fourth-order valence-corrected chi connectivity index (χ4v) is 7.02. The second-order valence-corrected chi connectivity index (χ2v) is 15.0. The summed E-state index contributed by atoms with van der Waals surface area (Å²) in [5, 5.41) is 0. The number of hydrogen-bond donors (Lipinski definition) is 2. The fourth-order valence-electron chi connectivity index (χ4n) is 7.02. The molecule has 0 spiro atoms. The van der Waals surface area contributed by atoms with Crippen LogP contribution in [0.3, 0.4) is 0 Å². The first-order valence-corrected chi connectivity index (χ1v) is 19.1. The number of primary amides is 1. The molecule has 1 aliphatic rings. The number of rotatable bonds is 18. The average molecular weight is 730 g/mol. The largest absolute Gasteiger partial charge is 0.401 e. The normalized spacial score (nSPS) is 17.8. The van der Waals surface area contributed by atoms with Crippen LogP contribution in [-0.2, 0) is 23.9 Å². The van der Waals surface area contributed by atoms with Crippen LogP contribution >= 0.6 is 0 Å². The molecule has 4 N–H and O–H groups in total. The van der Waals surface area contributed by atoms with E-state index < -0.39 is 0 Å². The minimum atomic E-state index is 0.0833. The molecule has 0 bridgehead atoms. The summed E-state index contributed by atoms with van der Waals surface area (Å²) >= 11 is 0. The van der Waals surface area contributed by atoms with Gasteiger partial charge in [-0.25, -0.2) is 0 Å². The van der Waals surface area contributed by atoms with Gasteiger partial charge < -0.3 is 35.6 Å². The van der Waals surface area contributed by atoms with E-state index in [4.69, 9.17) is 28.0 Å². The molecule has 1 saturated heterocycles. The quantitative estimate of drug-likeness (QED) is 0.132. The second-order valence-electron chi connectivity index (χ2n) is 15.0. The van der Waals surface area contributed by atoms with Gasteiger partial charge in [0.1, 0.15) is 0 Å². The van der Waals surface area contributed by atoms with Crippen molar-refractivity contribution in [1.82, 2.24) is 14.6 Å². The SMILES string of the molecule is CCC(C)C(C(CC)OC)N(C)C(=O)CC(C)C.COC(C[C@H](C)C(C)c1ccccc1)C1CCCN1C=O.NC=O.[B]N(C)C(C(=C)N)C(C)C. The van der Waals surface area contributed by atoms with Crippen LogP contribution < -0.4 is 11.5 Å². The van der Waals surface area contributed by atoms with Gasteiger partial charge in [0.05, 0.1) is 24.3 Å². The topological polar surface area (TPSA) is 131 Å². The Balaban J connectivity index is 0. The predicted octanol–water partition coefficient (Wildman–Crippen LogP) is 6.38. The van der Waals surface area contributed by atoms with Gasteiger partial charge in [0.15, 0.2) is 7.98 Å². The Labute approximate surface area is 319 Å². The Hall–Kier alpha value is -2.89. The van der Waals surface area contributed by atoms with Crippen LogP contribution in [0.25, 0.3) is 0 Å². The molecule has 1 fully saturated rings. The molecule has 298 valence electrons. The van der Waals surface area contributed by atoms with Gasteiger partial charge in [0.25, 0.3) is 0 Å². The molecule has 2 rings (SSSR count). The summed E-state index contributed by atoms with van der Waals surface area (Å²) in [7, 11) is 12.8. The molecule has 1 heterocycles. The second kappa shape index (κ2) is 28.6. The number of benzene rings is 1. The maximum absolute atomic E-state index is 12.2. The van der Waals surface area contributed by atoms with E-state index in [0.29, 0.717) is 41.7 Å². The van der Waals surface area contributed by atoms with E-state index in [-0.39, 0.29) is 42.7 Å². The van der Waals surface area contributed by atoms with Crippen molar-refractivity contribution in [1.29, 1.82) is 0 Å². The number of likely N-dealkylation sites (N-methyl/N-ethyl adjacent to an activating group) is 2. The number of methoxy groups -OCH3 is 2. The first kappa shape index (κ1) is 51.2. The van der Waals surface area contributed by atoms with Gasteiger partial charge in [-0.3, -0.25) is 14.4 Å². The molecule has 7 unspecified atom stereocenters. The summed E-state index contributed by atoms with van der Waals surface area (Å²) in [6, 6.07) is 11.1. The van der Waals surface area contributed by atoms with Gasteiger partial charge in [0, 0.05) is 46.0 Å². The number of nitrogens with two attached hydrogens (primary N) is 2. The fraction of sp³-hybridized carbons (Fsp3) is 0.732. The molecule has 3 amide bonds. The number of hydrogen-bond acceptors (Lipinski definition) is 7. The molecule has 11 heteroatoms. The number of likely N-dealkylation sites (tertiary alicyclic amines) is 1. The lowest BCUT2D eigenvalue weighted by Gasteiger charge is -2.37. The summed E-state index contributed by atoms with van der Waals surface area (Å²) < 4.78 is 11.3. The maximum atomic E-state index is 12.2. The van der Waals surface area contributed by atoms with E-state index in [1.165, 1.54) is 5.56 Å². The zero-order chi connectivity index (χ0) is 40.6. The molecule has 8 atom stereocenters. The minimum Gasteiger partial charge on any atom is -0.401 e. The molecule has 0 aromatic heterocycles. The highest BCUT2D eigenvalue weighted by Gasteiger charge is 2.33. The van der Waals surface area contributed by atoms with Crippen molar-refractivity contribution >= 4 is 26.7 Å². The molecular formula is C41H76BN5O5. The number of nitrogens with zero attached hydrogens (tertiary/aromatic N) is 3. The van der Waals surface area contributed by atoms with Crippen LogP contribution in [0.1, 0.15) is 112 Å². The molecule has 1 aromatic rings. The third-order valence-corrected chi connectivity index (χ3v) is 10.2. The maximum Gasteiger partial charge on any atom is 0.222 e. The lowest BCUT2D eigenvalue weighted by Crippen LogP contribution is -2.49. The minimum absolute atomic E-state index is 0.0833. The highest BCUT2D eigenvalue weighted by atomic mass is 16.5. The van der Waals surface area contributed by atoms with Crippen molar-refractivity contribution in [2.45, 2.75) is 137 Å². The van der Waals surface area contributed by atoms with Crippen molar-refractivity contribution in [2.24, 2.45) is 35.1 Å². The number of amides is 3. The molecule has 52 heavy (non-hydrogen) atoms. The van der Waals surface area contributed by atoms with Gasteiger partial charge in [-0.15, -0.1) is 0 Å². The third kappa shape index (κ3) is 18.7. The van der Waals surface area contributed by atoms with Crippen LogP contribution in [0.15, 0.2) is 42.6 Å². The van der Waals surface area contributed by atoms with E-state index in [1.807, 2.05) is 16.8 Å². The van der Waals surface area contributed by atoms with Crippen LogP contribution in [0, 0.1) is 23.7 Å². The van der Waals surface area contributed by atoms with Crippen molar-refractivity contribution in [3.8, 4) is 0 Å². The van der Waals surface area contributed by atoms with Gasteiger partial charge >= 0.3 is 0 Å². The monoisotopic (exact) mass is 730 g/mol. The van der Waals surface area contributed by atoms with E-state index in [2.05, 4.69) is 105 Å². The molecule has 1 aliphatic heterocycles. The summed E-state index contributed by atoms with van der Waals surface area (Å²) in [6.07, 6.45) is 7.24. The van der Waals surface area contributed by atoms with E-state index in [0.717, 1.165) is 45.1 Å². The molecule has 1 aromatic carbocycles. The molecule has 0 saturated carbocycles. The third-order valence-electron chi connectivity index (χ3n) is 10.2. The summed E-state index contributed by atoms with van der Waals surface area (Å²) in [6.45, 7) is 23.9. The Bertz CT molecular complexity index is 1080. The van der Waals surface area contributed by atoms with Crippen molar-refractivity contribution in [3.05, 3.63) is 48.2 Å². The number of carbonyl (C=O) groups excluding carboxylic acids is 3. The van der Waals surface area contributed by atoms with Gasteiger partial charge in [0.2, 0.25) is 18.7 Å². The Morgan fingerprint density at radius 1 is 1.00 bits per heavy atom. The van der Waals surface area contributed by atoms with Gasteiger partial charge in [-0.05, 0) is 67.9 Å². The van der Waals surface area contributed by atoms with Crippen LogP contribution in [-0.4, -0.2) is 107 Å². The highest BCUT2D eigenvalue weighted by molar-refractivity contribution is 6.04. The Morgan fingerprint density at radius 2 is 1.56 bits per heavy atom. The first-order chi connectivity index (χ1) is 24.4. The number of ether oxygens (including phenoxy) is 2. The first-order valence-electron chi connectivity index (χ1n) is 19.1. The summed E-state index contributed by atoms with van der Waals surface area (Å²) in [5.74, 6) is 2.51. The summed E-state index contributed by atoms with van der Waals surface area (Å²) in [4.78, 5) is 37.4. The van der Waals surface area contributed by atoms with Gasteiger partial charge in [-0.2, -0.15) is 0 Å². The summed E-state index contributed by atoms with van der Waals surface area (Å²) in [5.41, 5.74) is 11.7. The van der Waals surface area contributed by atoms with E-state index >= 15 is 0 Å². The molecule has 10 nitrogen and oxygen atoms in total. The molecule has 0 aliphatic carbocycles. The standard InChI is InChI=1S/C18H27NO2.C15H31NO2.C7H15BN2.CH3NO/c1-14(15(2)16-8-5-4-6-9-16)12-18(21-3)17-10-7-11-19(17)13-20;1-8-12(5)15(13(9-2)18-7)16(6)14(17)10-11(3)4;1-5(2)7(6(3)9)10(4)8;2-1-3/h4-6,8-9,13-15,17-18H,7,10-12H2,1-3H3;11-13,15H,8-10H2,1-7H3;5,7H,3,9H2,1-2,4H3;1H,(H2,2,3)/t14-,15?,17?,18?;;;/m0.../s1. The van der Waals surface area contributed by atoms with Crippen molar-refractivity contribution in [3.63, 3.8) is 0 Å².